The molecule has 10 heteroatoms. The monoisotopic (exact) mass is 365 g/mol. The average molecular weight is 365 g/mol. The summed E-state index contributed by atoms with van der Waals surface area (Å²) in [5.41, 5.74) is 8.11. The molecule has 3 N–H and O–H groups in total. The lowest BCUT2D eigenvalue weighted by Crippen LogP contribution is -2.00. The molecule has 0 aliphatic carbocycles. The van der Waals surface area contributed by atoms with Crippen LogP contribution in [0.25, 0.3) is 11.2 Å². The minimum Gasteiger partial charge on any atom is -0.382 e. The van der Waals surface area contributed by atoms with E-state index < -0.39 is 10.1 Å². The molecule has 0 radical (unpaired) electrons. The minimum absolute atomic E-state index is 0.114. The lowest BCUT2D eigenvalue weighted by atomic mass is 10.2. The molecule has 0 saturated heterocycles. The van der Waals surface area contributed by atoms with Crippen LogP contribution in [0, 0.1) is 0 Å². The number of hydrogen-bond donors (Lipinski definition) is 2. The largest absolute Gasteiger partial charge is 0.382 e. The summed E-state index contributed by atoms with van der Waals surface area (Å²) in [6.07, 6.45) is 2.34. The van der Waals surface area contributed by atoms with Crippen LogP contribution in [0.3, 0.4) is 0 Å². The molecule has 8 nitrogen and oxygen atoms in total. The molecular weight excluding hydrogens is 350 g/mol. The number of aromatic nitrogens is 4. The van der Waals surface area contributed by atoms with Crippen molar-refractivity contribution >= 4 is 38.9 Å². The van der Waals surface area contributed by atoms with Gasteiger partial charge in [-0.3, -0.25) is 4.55 Å². The van der Waals surface area contributed by atoms with Gasteiger partial charge in [0.2, 0.25) is 0 Å². The maximum Gasteiger partial charge on any atom is 0.294 e. The van der Waals surface area contributed by atoms with Gasteiger partial charge in [0.05, 0.1) is 11.2 Å². The molecule has 0 fully saturated rings. The normalized spacial score (nSPS) is 11.9. The quantitative estimate of drug-likeness (QED) is 0.396. The van der Waals surface area contributed by atoms with E-state index in [1.807, 2.05) is 7.05 Å². The number of nitrogen functional groups attached to an aromatic ring is 1. The van der Waals surface area contributed by atoms with Gasteiger partial charge in [-0.2, -0.15) is 8.42 Å². The Kier molecular flexibility index (Phi) is 4.43. The summed E-state index contributed by atoms with van der Waals surface area (Å²) in [5.74, 6) is 1.05. The van der Waals surface area contributed by atoms with Crippen LogP contribution in [-0.4, -0.2) is 38.2 Å². The van der Waals surface area contributed by atoms with E-state index in [1.54, 1.807) is 23.0 Å². The first-order chi connectivity index (χ1) is 11.3. The Labute approximate surface area is 142 Å². The molecule has 0 saturated carbocycles. The summed E-state index contributed by atoms with van der Waals surface area (Å²) in [6.45, 7) is 0. The van der Waals surface area contributed by atoms with Crippen LogP contribution in [0.2, 0.25) is 0 Å². The highest BCUT2D eigenvalue weighted by atomic mass is 32.2. The molecule has 2 heterocycles. The zero-order chi connectivity index (χ0) is 17.3. The zero-order valence-electron chi connectivity index (χ0n) is 12.7. The van der Waals surface area contributed by atoms with Crippen molar-refractivity contribution in [1.82, 2.24) is 19.5 Å². The summed E-state index contributed by atoms with van der Waals surface area (Å²) >= 11 is 1.46. The van der Waals surface area contributed by atoms with Crippen molar-refractivity contribution in [2.45, 2.75) is 16.5 Å². The van der Waals surface area contributed by atoms with Gasteiger partial charge in [0.25, 0.3) is 10.1 Å². The highest BCUT2D eigenvalue weighted by Crippen LogP contribution is 2.22. The zero-order valence-corrected chi connectivity index (χ0v) is 14.4. The van der Waals surface area contributed by atoms with Gasteiger partial charge in [0, 0.05) is 12.8 Å². The topological polar surface area (TPSA) is 124 Å². The highest BCUT2D eigenvalue weighted by molar-refractivity contribution is 7.99. The maximum atomic E-state index is 11.0. The van der Waals surface area contributed by atoms with Crippen LogP contribution in [0.15, 0.2) is 40.6 Å². The lowest BCUT2D eigenvalue weighted by molar-refractivity contribution is 0.483. The standard InChI is InChI=1S/C14H15N5O3S2/c1-19-8-16-11-12(15)17-14(18-13(11)19)23-7-6-9-2-4-10(5-3-9)24(20,21)22/h2-5,8H,6-7H2,1H3,(H2,15,17,18)(H,20,21,22). The first-order valence-electron chi connectivity index (χ1n) is 6.98. The summed E-state index contributed by atoms with van der Waals surface area (Å²) in [7, 11) is -2.31. The van der Waals surface area contributed by atoms with Crippen LogP contribution in [0.5, 0.6) is 0 Å². The third-order valence-corrected chi connectivity index (χ3v) is 5.13. The summed E-state index contributed by atoms with van der Waals surface area (Å²) in [6, 6.07) is 6.10. The second-order valence-electron chi connectivity index (χ2n) is 5.14. The number of imidazole rings is 1. The minimum atomic E-state index is -4.15. The van der Waals surface area contributed by atoms with E-state index in [4.69, 9.17) is 10.3 Å². The Balaban J connectivity index is 1.67. The van der Waals surface area contributed by atoms with Crippen molar-refractivity contribution in [3.8, 4) is 0 Å². The molecule has 3 rings (SSSR count). The van der Waals surface area contributed by atoms with Crippen molar-refractivity contribution in [3.05, 3.63) is 36.2 Å². The van der Waals surface area contributed by atoms with Crippen LogP contribution < -0.4 is 5.73 Å². The van der Waals surface area contributed by atoms with E-state index in [1.165, 1.54) is 23.9 Å². The molecule has 0 aliphatic rings. The van der Waals surface area contributed by atoms with Crippen molar-refractivity contribution in [3.63, 3.8) is 0 Å². The van der Waals surface area contributed by atoms with Crippen LogP contribution in [0.4, 0.5) is 5.82 Å². The summed E-state index contributed by atoms with van der Waals surface area (Å²) < 4.78 is 32.7. The Morgan fingerprint density at radius 2 is 1.96 bits per heavy atom. The molecule has 0 aliphatic heterocycles. The number of nitrogens with zero attached hydrogens (tertiary/aromatic N) is 4. The van der Waals surface area contributed by atoms with Crippen LogP contribution in [-0.2, 0) is 23.6 Å². The summed E-state index contributed by atoms with van der Waals surface area (Å²) in [4.78, 5) is 12.7. The first-order valence-corrected chi connectivity index (χ1v) is 9.41. The molecule has 2 aromatic heterocycles. The predicted octanol–water partition coefficient (Wildman–Crippen LogP) is 1.53. The molecule has 0 unspecified atom stereocenters. The van der Waals surface area contributed by atoms with E-state index in [2.05, 4.69) is 15.0 Å². The Bertz CT molecular complexity index is 984. The molecule has 3 aromatic rings. The number of aryl methyl sites for hydroxylation is 2. The number of fused-ring (bicyclic) bond motifs is 1. The van der Waals surface area contributed by atoms with Gasteiger partial charge in [0.15, 0.2) is 16.6 Å². The van der Waals surface area contributed by atoms with Gasteiger partial charge in [0.1, 0.15) is 5.52 Å². The third kappa shape index (κ3) is 3.50. The Morgan fingerprint density at radius 1 is 1.25 bits per heavy atom. The highest BCUT2D eigenvalue weighted by Gasteiger charge is 2.11. The second-order valence-corrected chi connectivity index (χ2v) is 7.62. The van der Waals surface area contributed by atoms with E-state index >= 15 is 0 Å². The van der Waals surface area contributed by atoms with Crippen molar-refractivity contribution < 1.29 is 13.0 Å². The molecule has 24 heavy (non-hydrogen) atoms. The van der Waals surface area contributed by atoms with Gasteiger partial charge in [-0.05, 0) is 24.1 Å². The Morgan fingerprint density at radius 3 is 2.62 bits per heavy atom. The van der Waals surface area contributed by atoms with E-state index in [9.17, 15) is 8.42 Å². The molecule has 0 amide bonds. The number of benzene rings is 1. The fourth-order valence-electron chi connectivity index (χ4n) is 2.16. The fourth-order valence-corrected chi connectivity index (χ4v) is 3.47. The Hall–Kier alpha value is -2.17. The average Bonchev–Trinajstić information content (AvgIpc) is 2.89. The fraction of sp³-hybridized carbons (Fsp3) is 0.214. The van der Waals surface area contributed by atoms with Gasteiger partial charge in [-0.1, -0.05) is 23.9 Å². The van der Waals surface area contributed by atoms with E-state index in [-0.39, 0.29) is 4.90 Å². The lowest BCUT2D eigenvalue weighted by Gasteiger charge is -2.04. The van der Waals surface area contributed by atoms with Crippen LogP contribution in [0.1, 0.15) is 5.56 Å². The number of hydrogen-bond acceptors (Lipinski definition) is 7. The van der Waals surface area contributed by atoms with Crippen molar-refractivity contribution in [2.24, 2.45) is 7.05 Å². The molecule has 0 atom stereocenters. The van der Waals surface area contributed by atoms with Crippen LogP contribution >= 0.6 is 11.8 Å². The third-order valence-electron chi connectivity index (χ3n) is 3.41. The van der Waals surface area contributed by atoms with Gasteiger partial charge in [-0.25, -0.2) is 15.0 Å². The predicted molar refractivity (Wildman–Crippen MR) is 91.4 cm³/mol. The molecule has 1 aromatic carbocycles. The van der Waals surface area contributed by atoms with Crippen molar-refractivity contribution in [2.75, 3.05) is 11.5 Å². The molecule has 126 valence electrons. The van der Waals surface area contributed by atoms with Gasteiger partial charge < -0.3 is 10.3 Å². The number of anilines is 1. The number of rotatable bonds is 5. The van der Waals surface area contributed by atoms with Gasteiger partial charge >= 0.3 is 0 Å². The van der Waals surface area contributed by atoms with E-state index in [0.717, 1.165) is 5.56 Å². The number of thioether (sulfide) groups is 1. The van der Waals surface area contributed by atoms with E-state index in [0.29, 0.717) is 34.3 Å². The summed E-state index contributed by atoms with van der Waals surface area (Å²) in [5, 5.41) is 0.568. The van der Waals surface area contributed by atoms with Gasteiger partial charge in [-0.15, -0.1) is 0 Å². The molecule has 0 spiro atoms. The maximum absolute atomic E-state index is 11.0. The smallest absolute Gasteiger partial charge is 0.294 e. The molecular formula is C14H15N5O3S2. The van der Waals surface area contributed by atoms with Crippen molar-refractivity contribution in [1.29, 1.82) is 0 Å². The first kappa shape index (κ1) is 16.7. The SMILES string of the molecule is Cn1cnc2c(N)nc(SCCc3ccc(S(=O)(=O)O)cc3)nc21. The molecule has 0 bridgehead atoms. The number of nitrogens with two attached hydrogens (primary N) is 1. The second kappa shape index (κ2) is 6.38.